The third kappa shape index (κ3) is 4.01. The molecule has 1 aliphatic heterocycles. The molecular formula is C37H54O5. The topological polar surface area (TPSA) is 76.0 Å². The van der Waals surface area contributed by atoms with Crippen LogP contribution in [0.2, 0.25) is 0 Å². The largest absolute Gasteiger partial charge is 0.461 e. The molecule has 0 amide bonds. The number of aliphatic hydroxyl groups is 2. The van der Waals surface area contributed by atoms with Crippen LogP contribution in [0.1, 0.15) is 92.6 Å². The highest BCUT2D eigenvalue weighted by atomic mass is 16.5. The minimum absolute atomic E-state index is 0.0456. The summed E-state index contributed by atoms with van der Waals surface area (Å²) in [5, 5.41) is 22.3. The molecule has 1 unspecified atom stereocenters. The summed E-state index contributed by atoms with van der Waals surface area (Å²) in [6, 6.07) is 10.0. The van der Waals surface area contributed by atoms with E-state index in [-0.39, 0.29) is 33.5 Å². The van der Waals surface area contributed by atoms with Crippen LogP contribution < -0.4 is 0 Å². The Morgan fingerprint density at radius 2 is 1.71 bits per heavy atom. The van der Waals surface area contributed by atoms with Crippen LogP contribution in [-0.2, 0) is 20.9 Å². The van der Waals surface area contributed by atoms with E-state index < -0.39 is 17.6 Å². The molecule has 2 N–H and O–H groups in total. The van der Waals surface area contributed by atoms with Crippen LogP contribution in [-0.4, -0.2) is 41.6 Å². The zero-order valence-electron chi connectivity index (χ0n) is 27.0. The maximum absolute atomic E-state index is 14.5. The Morgan fingerprint density at radius 1 is 1.00 bits per heavy atom. The van der Waals surface area contributed by atoms with E-state index in [4.69, 9.17) is 9.47 Å². The number of carbonyl (C=O) groups excluding carboxylic acids is 1. The van der Waals surface area contributed by atoms with Gasteiger partial charge in [0.2, 0.25) is 0 Å². The van der Waals surface area contributed by atoms with E-state index in [2.05, 4.69) is 54.5 Å². The highest BCUT2D eigenvalue weighted by Crippen LogP contribution is 2.74. The molecule has 0 aromatic heterocycles. The fourth-order valence-corrected chi connectivity index (χ4v) is 11.4. The lowest BCUT2D eigenvalue weighted by Crippen LogP contribution is -2.69. The summed E-state index contributed by atoms with van der Waals surface area (Å²) in [6.45, 7) is 17.7. The first kappa shape index (κ1) is 30.3. The fourth-order valence-electron chi connectivity index (χ4n) is 11.4. The summed E-state index contributed by atoms with van der Waals surface area (Å²) in [5.41, 5.74) is 1.27. The highest BCUT2D eigenvalue weighted by molar-refractivity contribution is 5.75. The van der Waals surface area contributed by atoms with E-state index in [1.54, 1.807) is 0 Å². The molecule has 5 aliphatic rings. The van der Waals surface area contributed by atoms with Gasteiger partial charge in [0.05, 0.1) is 31.3 Å². The Morgan fingerprint density at radius 3 is 2.40 bits per heavy atom. The third-order valence-electron chi connectivity index (χ3n) is 14.3. The van der Waals surface area contributed by atoms with E-state index in [1.807, 2.05) is 30.3 Å². The third-order valence-corrected chi connectivity index (χ3v) is 14.3. The molecule has 11 atom stereocenters. The number of benzene rings is 1. The van der Waals surface area contributed by atoms with Gasteiger partial charge in [0, 0.05) is 10.8 Å². The second kappa shape index (κ2) is 10.2. The Kier molecular flexibility index (Phi) is 7.35. The van der Waals surface area contributed by atoms with Gasteiger partial charge in [-0.15, -0.1) is 0 Å². The molecule has 5 nitrogen and oxygen atoms in total. The predicted molar refractivity (Wildman–Crippen MR) is 164 cm³/mol. The van der Waals surface area contributed by atoms with Gasteiger partial charge in [0.25, 0.3) is 0 Å². The first-order valence-electron chi connectivity index (χ1n) is 16.6. The summed E-state index contributed by atoms with van der Waals surface area (Å²) in [5.74, 6) is 1.19. The van der Waals surface area contributed by atoms with Crippen molar-refractivity contribution in [2.45, 2.75) is 106 Å². The summed E-state index contributed by atoms with van der Waals surface area (Å²) in [7, 11) is 0. The smallest absolute Gasteiger partial charge is 0.310 e. The molecule has 1 aromatic carbocycles. The van der Waals surface area contributed by atoms with Crippen molar-refractivity contribution < 1.29 is 24.5 Å². The number of esters is 1. The van der Waals surface area contributed by atoms with E-state index >= 15 is 0 Å². The summed E-state index contributed by atoms with van der Waals surface area (Å²) in [4.78, 5) is 14.5. The van der Waals surface area contributed by atoms with Crippen molar-refractivity contribution in [1.82, 2.24) is 0 Å². The number of allylic oxidation sites excluding steroid dienone is 1. The molecule has 3 saturated carbocycles. The molecule has 0 radical (unpaired) electrons. The van der Waals surface area contributed by atoms with Gasteiger partial charge in [-0.05, 0) is 84.0 Å². The number of carbonyl (C=O) groups is 1. The number of hydrogen-bond donors (Lipinski definition) is 2. The standard InChI is InChI=1S/C37H54O5/c1-23(2)24(3)33(4)17-18-35(6)26-13-14-29-34(5)21-41-22-37(29,19-28(38)31(34)39)27(26)15-16-36(35,7)30(33)32(40)42-20-25-11-9-8-10-12-25/h8-12,15,23-24,26,28-31,38-39H,13-14,16-22H2,1-7H3/t24-,26+,28-,29+,30-,31+,33-,34?,35-,36+,37+/m1/s1. The zero-order chi connectivity index (χ0) is 30.3. The second-order valence-electron chi connectivity index (χ2n) is 16.3. The first-order chi connectivity index (χ1) is 19.7. The minimum atomic E-state index is -0.755. The molecule has 232 valence electrons. The lowest BCUT2D eigenvalue weighted by Gasteiger charge is -2.71. The van der Waals surface area contributed by atoms with Crippen molar-refractivity contribution >= 4 is 5.97 Å². The van der Waals surface area contributed by atoms with Crippen LogP contribution in [0.3, 0.4) is 0 Å². The molecule has 6 rings (SSSR count). The van der Waals surface area contributed by atoms with Crippen LogP contribution in [0.4, 0.5) is 0 Å². The Balaban J connectivity index is 1.42. The number of aliphatic hydroxyl groups excluding tert-OH is 2. The molecule has 5 heteroatoms. The lowest BCUT2D eigenvalue weighted by molar-refractivity contribution is -0.253. The van der Waals surface area contributed by atoms with Crippen molar-refractivity contribution in [3.05, 3.63) is 47.5 Å². The van der Waals surface area contributed by atoms with Gasteiger partial charge in [-0.1, -0.05) is 90.4 Å². The van der Waals surface area contributed by atoms with Crippen LogP contribution in [0, 0.1) is 56.7 Å². The van der Waals surface area contributed by atoms with Gasteiger partial charge >= 0.3 is 5.97 Å². The lowest BCUT2D eigenvalue weighted by atomic mass is 9.34. The normalized spacial score (nSPS) is 47.0. The van der Waals surface area contributed by atoms with E-state index in [9.17, 15) is 15.0 Å². The van der Waals surface area contributed by atoms with Gasteiger partial charge < -0.3 is 19.7 Å². The molecule has 0 spiro atoms. The number of rotatable bonds is 5. The molecule has 42 heavy (non-hydrogen) atoms. The van der Waals surface area contributed by atoms with Gasteiger partial charge in [-0.2, -0.15) is 0 Å². The molecule has 4 fully saturated rings. The van der Waals surface area contributed by atoms with E-state index in [0.717, 1.165) is 37.7 Å². The Labute approximate surface area is 253 Å². The molecule has 2 bridgehead atoms. The molecular weight excluding hydrogens is 524 g/mol. The summed E-state index contributed by atoms with van der Waals surface area (Å²) in [6.07, 6.45) is 6.53. The van der Waals surface area contributed by atoms with Crippen molar-refractivity contribution in [2.75, 3.05) is 13.2 Å². The maximum atomic E-state index is 14.5. The van der Waals surface area contributed by atoms with Crippen molar-refractivity contribution in [2.24, 2.45) is 56.7 Å². The number of hydrogen-bond acceptors (Lipinski definition) is 5. The van der Waals surface area contributed by atoms with Crippen molar-refractivity contribution in [1.29, 1.82) is 0 Å². The Bertz CT molecular complexity index is 1230. The quantitative estimate of drug-likeness (QED) is 0.292. The first-order valence-corrected chi connectivity index (χ1v) is 16.6. The maximum Gasteiger partial charge on any atom is 0.310 e. The van der Waals surface area contributed by atoms with Crippen LogP contribution in [0.15, 0.2) is 42.0 Å². The van der Waals surface area contributed by atoms with E-state index in [1.165, 1.54) is 5.57 Å². The molecule has 4 aliphatic carbocycles. The summed E-state index contributed by atoms with van der Waals surface area (Å²) >= 11 is 0. The van der Waals surface area contributed by atoms with Crippen LogP contribution in [0.25, 0.3) is 0 Å². The number of ether oxygens (including phenoxy) is 2. The van der Waals surface area contributed by atoms with Gasteiger partial charge in [-0.3, -0.25) is 4.79 Å². The monoisotopic (exact) mass is 578 g/mol. The van der Waals surface area contributed by atoms with Crippen LogP contribution in [0.5, 0.6) is 0 Å². The average Bonchev–Trinajstić information content (AvgIpc) is 2.95. The van der Waals surface area contributed by atoms with Gasteiger partial charge in [0.15, 0.2) is 0 Å². The van der Waals surface area contributed by atoms with Crippen LogP contribution >= 0.6 is 0 Å². The zero-order valence-corrected chi connectivity index (χ0v) is 27.0. The SMILES string of the molecule is CC(C)[C@@H](C)[C@@]1(C)CC[C@]2(C)[C@H]3CC[C@H]4C5(C)COC[C@@]4(C[C@@H](O)[C@@H]5O)C3=CC[C@@]2(C)[C@@H]1C(=O)OCc1ccccc1. The second-order valence-corrected chi connectivity index (χ2v) is 16.3. The summed E-state index contributed by atoms with van der Waals surface area (Å²) < 4.78 is 12.5. The minimum Gasteiger partial charge on any atom is -0.461 e. The van der Waals surface area contributed by atoms with E-state index in [0.29, 0.717) is 49.9 Å². The van der Waals surface area contributed by atoms with Gasteiger partial charge in [-0.25, -0.2) is 0 Å². The Hall–Kier alpha value is -1.69. The highest BCUT2D eigenvalue weighted by Gasteiger charge is 2.71. The predicted octanol–water partition coefficient (Wildman–Crippen LogP) is 6.96. The average molecular weight is 579 g/mol. The van der Waals surface area contributed by atoms with Crippen molar-refractivity contribution in [3.63, 3.8) is 0 Å². The molecule has 1 heterocycles. The van der Waals surface area contributed by atoms with Crippen molar-refractivity contribution in [3.8, 4) is 0 Å². The number of fused-ring (bicyclic) bond motifs is 3. The van der Waals surface area contributed by atoms with Gasteiger partial charge in [0.1, 0.15) is 6.61 Å². The molecule has 1 saturated heterocycles. The molecule has 1 aromatic rings. The fraction of sp³-hybridized carbons (Fsp3) is 0.757.